The highest BCUT2D eigenvalue weighted by Gasteiger charge is 2.24. The van der Waals surface area contributed by atoms with E-state index in [1.165, 1.54) is 17.3 Å². The second-order valence-electron chi connectivity index (χ2n) is 7.83. The summed E-state index contributed by atoms with van der Waals surface area (Å²) in [5, 5.41) is 2.98. The van der Waals surface area contributed by atoms with E-state index in [1.54, 1.807) is 6.07 Å². The van der Waals surface area contributed by atoms with E-state index in [9.17, 15) is 9.59 Å². The van der Waals surface area contributed by atoms with Crippen molar-refractivity contribution in [1.29, 1.82) is 0 Å². The molecule has 0 saturated heterocycles. The number of para-hydroxylation sites is 2. The largest absolute Gasteiger partial charge is 0.486 e. The Kier molecular flexibility index (Phi) is 6.21. The van der Waals surface area contributed by atoms with Gasteiger partial charge in [-0.25, -0.2) is 0 Å². The van der Waals surface area contributed by atoms with Gasteiger partial charge in [-0.1, -0.05) is 42.5 Å². The van der Waals surface area contributed by atoms with Gasteiger partial charge >= 0.3 is 0 Å². The van der Waals surface area contributed by atoms with Crippen molar-refractivity contribution >= 4 is 29.3 Å². The maximum Gasteiger partial charge on any atom is 0.252 e. The van der Waals surface area contributed by atoms with E-state index in [1.807, 2.05) is 59.5 Å². The average molecular weight is 461 g/mol. The third-order valence-electron chi connectivity index (χ3n) is 5.76. The van der Waals surface area contributed by atoms with Gasteiger partial charge in [-0.15, -0.1) is 11.8 Å². The first-order valence-corrected chi connectivity index (χ1v) is 11.9. The van der Waals surface area contributed by atoms with Crippen molar-refractivity contribution in [1.82, 2.24) is 5.32 Å². The van der Waals surface area contributed by atoms with Gasteiger partial charge in [0.15, 0.2) is 11.5 Å². The van der Waals surface area contributed by atoms with Gasteiger partial charge in [0.1, 0.15) is 13.2 Å². The lowest BCUT2D eigenvalue weighted by Crippen LogP contribution is -2.30. The van der Waals surface area contributed by atoms with Gasteiger partial charge in [-0.2, -0.15) is 0 Å². The predicted molar refractivity (Wildman–Crippen MR) is 128 cm³/mol. The first-order chi connectivity index (χ1) is 16.2. The lowest BCUT2D eigenvalue weighted by Gasteiger charge is -2.21. The normalized spacial score (nSPS) is 14.0. The van der Waals surface area contributed by atoms with E-state index < -0.39 is 0 Å². The van der Waals surface area contributed by atoms with Crippen LogP contribution >= 0.6 is 11.8 Å². The van der Waals surface area contributed by atoms with E-state index in [0.717, 1.165) is 22.6 Å². The molecule has 1 N–H and O–H groups in total. The van der Waals surface area contributed by atoms with Crippen LogP contribution in [-0.4, -0.2) is 37.3 Å². The number of ether oxygens (including phenoxy) is 2. The highest BCUT2D eigenvalue weighted by molar-refractivity contribution is 8.00. The van der Waals surface area contributed by atoms with Crippen LogP contribution in [0.2, 0.25) is 0 Å². The quantitative estimate of drug-likeness (QED) is 0.562. The number of nitrogens with zero attached hydrogens (tertiary/aromatic N) is 1. The van der Waals surface area contributed by atoms with Crippen molar-refractivity contribution in [2.45, 2.75) is 17.9 Å². The molecule has 6 nitrogen and oxygen atoms in total. The van der Waals surface area contributed by atoms with Gasteiger partial charge in [0.2, 0.25) is 5.91 Å². The molecule has 0 aromatic heterocycles. The van der Waals surface area contributed by atoms with Crippen LogP contribution < -0.4 is 19.7 Å². The summed E-state index contributed by atoms with van der Waals surface area (Å²) < 4.78 is 11.3. The van der Waals surface area contributed by atoms with E-state index in [0.29, 0.717) is 43.4 Å². The number of carbonyl (C=O) groups excluding carboxylic acids is 2. The van der Waals surface area contributed by atoms with Gasteiger partial charge in [-0.3, -0.25) is 9.59 Å². The highest BCUT2D eigenvalue weighted by Crippen LogP contribution is 2.34. The molecule has 0 radical (unpaired) electrons. The zero-order valence-electron chi connectivity index (χ0n) is 18.1. The van der Waals surface area contributed by atoms with E-state index >= 15 is 0 Å². The molecule has 2 aliphatic heterocycles. The standard InChI is InChI=1S/C26H24N2O4S/c29-24(28-13-12-18-6-1-3-9-21(18)28)17-33-23-11-4-2-8-20(23)26(30)27-16-19-7-5-10-22-25(19)32-15-14-31-22/h1-11H,12-17H2,(H,27,30). The van der Waals surface area contributed by atoms with Crippen LogP contribution in [0.4, 0.5) is 5.69 Å². The number of hydrogen-bond acceptors (Lipinski definition) is 5. The first-order valence-electron chi connectivity index (χ1n) is 11.0. The number of benzene rings is 3. The third-order valence-corrected chi connectivity index (χ3v) is 6.82. The van der Waals surface area contributed by atoms with Crippen molar-refractivity contribution in [3.8, 4) is 11.5 Å². The Hall–Kier alpha value is -3.45. The second-order valence-corrected chi connectivity index (χ2v) is 8.85. The molecule has 5 rings (SSSR count). The molecule has 0 unspecified atom stereocenters. The molecule has 0 fully saturated rings. The van der Waals surface area contributed by atoms with Crippen molar-refractivity contribution in [2.24, 2.45) is 0 Å². The van der Waals surface area contributed by atoms with Gasteiger partial charge < -0.3 is 19.7 Å². The molecule has 0 bridgehead atoms. The van der Waals surface area contributed by atoms with Crippen molar-refractivity contribution in [3.63, 3.8) is 0 Å². The molecule has 0 spiro atoms. The van der Waals surface area contributed by atoms with Crippen molar-refractivity contribution in [2.75, 3.05) is 30.4 Å². The molecule has 168 valence electrons. The molecule has 2 aliphatic rings. The minimum absolute atomic E-state index is 0.0493. The molecule has 2 heterocycles. The van der Waals surface area contributed by atoms with E-state index in [4.69, 9.17) is 9.47 Å². The molecule has 0 aliphatic carbocycles. The summed E-state index contributed by atoms with van der Waals surface area (Å²) in [6.07, 6.45) is 0.878. The molecule has 3 aromatic rings. The van der Waals surface area contributed by atoms with Crippen LogP contribution in [0, 0.1) is 0 Å². The average Bonchev–Trinajstić information content (AvgIpc) is 3.30. The number of anilines is 1. The minimum Gasteiger partial charge on any atom is -0.486 e. The fourth-order valence-electron chi connectivity index (χ4n) is 4.14. The van der Waals surface area contributed by atoms with Crippen LogP contribution in [-0.2, 0) is 17.8 Å². The molecule has 0 saturated carbocycles. The minimum atomic E-state index is -0.189. The third kappa shape index (κ3) is 4.54. The molecular weight excluding hydrogens is 436 g/mol. The smallest absolute Gasteiger partial charge is 0.252 e. The van der Waals surface area contributed by atoms with Gasteiger partial charge in [0.25, 0.3) is 5.91 Å². The first kappa shape index (κ1) is 21.4. The zero-order chi connectivity index (χ0) is 22.6. The van der Waals surface area contributed by atoms with Crippen molar-refractivity contribution < 1.29 is 19.1 Å². The van der Waals surface area contributed by atoms with Crippen LogP contribution in [0.3, 0.4) is 0 Å². The summed E-state index contributed by atoms with van der Waals surface area (Å²) in [6.45, 7) is 2.05. The summed E-state index contributed by atoms with van der Waals surface area (Å²) in [6, 6.07) is 21.1. The summed E-state index contributed by atoms with van der Waals surface area (Å²) in [5.74, 6) is 1.52. The Labute approximate surface area is 196 Å². The van der Waals surface area contributed by atoms with Crippen molar-refractivity contribution in [3.05, 3.63) is 83.4 Å². The highest BCUT2D eigenvalue weighted by atomic mass is 32.2. The Morgan fingerprint density at radius 1 is 0.939 bits per heavy atom. The Morgan fingerprint density at radius 3 is 2.70 bits per heavy atom. The SMILES string of the molecule is O=C(NCc1cccc2c1OCCO2)c1ccccc1SCC(=O)N1CCc2ccccc21. The van der Waals surface area contributed by atoms with Crippen LogP contribution in [0.15, 0.2) is 71.6 Å². The Bertz CT molecular complexity index is 1200. The number of thioether (sulfide) groups is 1. The predicted octanol–water partition coefficient (Wildman–Crippen LogP) is 4.07. The summed E-state index contributed by atoms with van der Waals surface area (Å²) in [5.41, 5.74) is 3.62. The monoisotopic (exact) mass is 460 g/mol. The maximum absolute atomic E-state index is 13.0. The van der Waals surface area contributed by atoms with E-state index in [-0.39, 0.29) is 17.6 Å². The van der Waals surface area contributed by atoms with Gasteiger partial charge in [0.05, 0.1) is 11.3 Å². The second kappa shape index (κ2) is 9.58. The van der Waals surface area contributed by atoms with E-state index in [2.05, 4.69) is 11.4 Å². The number of carbonyl (C=O) groups is 2. The summed E-state index contributed by atoms with van der Waals surface area (Å²) in [7, 11) is 0. The fourth-order valence-corrected chi connectivity index (χ4v) is 5.06. The summed E-state index contributed by atoms with van der Waals surface area (Å²) >= 11 is 1.39. The molecular formula is C26H24N2O4S. The number of rotatable bonds is 6. The number of hydrogen-bond donors (Lipinski definition) is 1. The zero-order valence-corrected chi connectivity index (χ0v) is 18.9. The summed E-state index contributed by atoms with van der Waals surface area (Å²) in [4.78, 5) is 28.5. The Morgan fingerprint density at radius 2 is 1.76 bits per heavy atom. The lowest BCUT2D eigenvalue weighted by atomic mass is 10.1. The molecule has 3 aromatic carbocycles. The molecule has 7 heteroatoms. The molecule has 0 atom stereocenters. The lowest BCUT2D eigenvalue weighted by molar-refractivity contribution is -0.116. The fraction of sp³-hybridized carbons (Fsp3) is 0.231. The molecule has 33 heavy (non-hydrogen) atoms. The van der Waals surface area contributed by atoms with Crippen LogP contribution in [0.5, 0.6) is 11.5 Å². The number of nitrogens with one attached hydrogen (secondary N) is 1. The maximum atomic E-state index is 13.0. The molecule has 2 amide bonds. The van der Waals surface area contributed by atoms with Crippen LogP contribution in [0.1, 0.15) is 21.5 Å². The Balaban J connectivity index is 1.24. The topological polar surface area (TPSA) is 67.9 Å². The van der Waals surface area contributed by atoms with Gasteiger partial charge in [0, 0.05) is 29.2 Å². The number of fused-ring (bicyclic) bond motifs is 2. The number of amides is 2. The van der Waals surface area contributed by atoms with Crippen LogP contribution in [0.25, 0.3) is 0 Å². The van der Waals surface area contributed by atoms with Gasteiger partial charge in [-0.05, 0) is 36.2 Å².